The zero-order chi connectivity index (χ0) is 14.7. The molecule has 0 amide bonds. The summed E-state index contributed by atoms with van der Waals surface area (Å²) < 4.78 is 13.7. The minimum Gasteiger partial charge on any atom is -0.384 e. The maximum absolute atomic E-state index is 13.7. The Morgan fingerprint density at radius 3 is 2.73 bits per heavy atom. The number of fused-ring (bicyclic) bond motifs is 4. The van der Waals surface area contributed by atoms with Gasteiger partial charge in [-0.05, 0) is 80.8 Å². The molecule has 2 saturated carbocycles. The molecule has 1 spiro atoms. The molecule has 5 rings (SSSR count). The molecule has 22 heavy (non-hydrogen) atoms. The lowest BCUT2D eigenvalue weighted by Gasteiger charge is -2.44. The Hall–Kier alpha value is -1.09. The molecule has 2 aliphatic heterocycles. The van der Waals surface area contributed by atoms with Crippen molar-refractivity contribution in [2.45, 2.75) is 50.0 Å². The van der Waals surface area contributed by atoms with Crippen LogP contribution >= 0.6 is 0 Å². The fourth-order valence-corrected chi connectivity index (χ4v) is 5.86. The lowest BCUT2D eigenvalue weighted by Crippen LogP contribution is -2.49. The smallest absolute Gasteiger partial charge is 0.123 e. The van der Waals surface area contributed by atoms with Crippen LogP contribution in [0.4, 0.5) is 10.1 Å². The predicted octanol–water partition coefficient (Wildman–Crippen LogP) is 3.77. The van der Waals surface area contributed by atoms with Crippen LogP contribution in [-0.2, 0) is 5.41 Å². The van der Waals surface area contributed by atoms with E-state index < -0.39 is 0 Å². The van der Waals surface area contributed by atoms with E-state index in [-0.39, 0.29) is 11.2 Å². The molecule has 1 aromatic rings. The first-order chi connectivity index (χ1) is 10.7. The Morgan fingerprint density at radius 1 is 1.14 bits per heavy atom. The van der Waals surface area contributed by atoms with E-state index >= 15 is 0 Å². The van der Waals surface area contributed by atoms with Crippen molar-refractivity contribution in [3.8, 4) is 0 Å². The fraction of sp³-hybridized carbons (Fsp3) is 0.684. The van der Waals surface area contributed by atoms with Crippen molar-refractivity contribution in [3.63, 3.8) is 0 Å². The highest BCUT2D eigenvalue weighted by Gasteiger charge is 2.46. The molecule has 3 atom stereocenters. The Morgan fingerprint density at radius 2 is 2.00 bits per heavy atom. The van der Waals surface area contributed by atoms with Crippen LogP contribution in [0.3, 0.4) is 0 Å². The van der Waals surface area contributed by atoms with Gasteiger partial charge in [-0.1, -0.05) is 6.42 Å². The van der Waals surface area contributed by atoms with Crippen LogP contribution in [0.5, 0.6) is 0 Å². The molecule has 0 radical (unpaired) electrons. The van der Waals surface area contributed by atoms with Crippen LogP contribution < -0.4 is 5.32 Å². The third kappa shape index (κ3) is 1.87. The summed E-state index contributed by atoms with van der Waals surface area (Å²) in [6, 6.07) is 6.14. The van der Waals surface area contributed by atoms with Gasteiger partial charge in [0.1, 0.15) is 5.82 Å². The highest BCUT2D eigenvalue weighted by Crippen LogP contribution is 2.49. The molecule has 2 aliphatic carbocycles. The minimum absolute atomic E-state index is 0.0858. The predicted molar refractivity (Wildman–Crippen MR) is 86.6 cm³/mol. The molecule has 2 bridgehead atoms. The quantitative estimate of drug-likeness (QED) is 0.849. The first kappa shape index (κ1) is 13.4. The first-order valence-corrected chi connectivity index (χ1v) is 9.01. The first-order valence-electron chi connectivity index (χ1n) is 9.01. The summed E-state index contributed by atoms with van der Waals surface area (Å²) >= 11 is 0. The van der Waals surface area contributed by atoms with Crippen LogP contribution in [0.2, 0.25) is 0 Å². The topological polar surface area (TPSA) is 15.3 Å². The van der Waals surface area contributed by atoms with Crippen LogP contribution in [0.1, 0.15) is 44.1 Å². The van der Waals surface area contributed by atoms with Gasteiger partial charge in [0.05, 0.1) is 0 Å². The van der Waals surface area contributed by atoms with Gasteiger partial charge in [-0.2, -0.15) is 0 Å². The highest BCUT2D eigenvalue weighted by atomic mass is 19.1. The van der Waals surface area contributed by atoms with Crippen molar-refractivity contribution in [1.82, 2.24) is 4.90 Å². The van der Waals surface area contributed by atoms with Crippen molar-refractivity contribution < 1.29 is 4.39 Å². The van der Waals surface area contributed by atoms with E-state index in [1.165, 1.54) is 57.2 Å². The molecule has 1 aromatic carbocycles. The third-order valence-corrected chi connectivity index (χ3v) is 7.10. The SMILES string of the molecule is Fc1ccc2c(c1)C1(CCN(C3CC4CCC3C4)CC1)CN2. The summed E-state index contributed by atoms with van der Waals surface area (Å²) in [6.07, 6.45) is 8.25. The largest absolute Gasteiger partial charge is 0.384 e. The van der Waals surface area contributed by atoms with Crippen LogP contribution in [0.25, 0.3) is 0 Å². The summed E-state index contributed by atoms with van der Waals surface area (Å²) in [6.45, 7) is 3.40. The zero-order valence-electron chi connectivity index (χ0n) is 13.2. The number of nitrogens with one attached hydrogen (secondary N) is 1. The minimum atomic E-state index is -0.0858. The standard InChI is InChI=1S/C19H25FN2/c20-15-3-4-17-16(11-15)19(12-21-17)5-7-22(8-6-19)18-10-13-1-2-14(18)9-13/h3-4,11,13-14,18,21H,1-2,5-10,12H2. The van der Waals surface area contributed by atoms with Crippen molar-refractivity contribution in [2.75, 3.05) is 25.0 Å². The average Bonchev–Trinajstić information content (AvgIpc) is 3.24. The normalized spacial score (nSPS) is 35.8. The van der Waals surface area contributed by atoms with Gasteiger partial charge in [0.25, 0.3) is 0 Å². The average molecular weight is 300 g/mol. The van der Waals surface area contributed by atoms with E-state index in [2.05, 4.69) is 10.2 Å². The maximum atomic E-state index is 13.7. The van der Waals surface area contributed by atoms with Gasteiger partial charge in [0, 0.05) is 23.7 Å². The Bertz CT molecular complexity index is 591. The van der Waals surface area contributed by atoms with Gasteiger partial charge >= 0.3 is 0 Å². The number of hydrogen-bond acceptors (Lipinski definition) is 2. The maximum Gasteiger partial charge on any atom is 0.123 e. The molecule has 118 valence electrons. The molecule has 3 fully saturated rings. The van der Waals surface area contributed by atoms with E-state index in [9.17, 15) is 4.39 Å². The van der Waals surface area contributed by atoms with Crippen LogP contribution in [-0.4, -0.2) is 30.6 Å². The van der Waals surface area contributed by atoms with Crippen LogP contribution in [0, 0.1) is 17.7 Å². The second-order valence-corrected chi connectivity index (χ2v) is 8.10. The number of nitrogens with zero attached hydrogens (tertiary/aromatic N) is 1. The number of piperidine rings is 1. The van der Waals surface area contributed by atoms with Gasteiger partial charge in [-0.25, -0.2) is 4.39 Å². The number of rotatable bonds is 1. The Balaban J connectivity index is 1.34. The van der Waals surface area contributed by atoms with Gasteiger partial charge in [0.2, 0.25) is 0 Å². The molecule has 4 aliphatic rings. The Labute approximate surface area is 132 Å². The van der Waals surface area contributed by atoms with Gasteiger partial charge in [-0.3, -0.25) is 0 Å². The van der Waals surface area contributed by atoms with E-state index in [4.69, 9.17) is 0 Å². The number of anilines is 1. The molecule has 1 N–H and O–H groups in total. The monoisotopic (exact) mass is 300 g/mol. The number of likely N-dealkylation sites (tertiary alicyclic amines) is 1. The van der Waals surface area contributed by atoms with Gasteiger partial charge < -0.3 is 10.2 Å². The summed E-state index contributed by atoms with van der Waals surface area (Å²) in [4.78, 5) is 2.77. The van der Waals surface area contributed by atoms with Gasteiger partial charge in [-0.15, -0.1) is 0 Å². The molecule has 2 heterocycles. The number of hydrogen-bond donors (Lipinski definition) is 1. The molecule has 2 nitrogen and oxygen atoms in total. The second-order valence-electron chi connectivity index (χ2n) is 8.10. The number of benzene rings is 1. The molecule has 3 heteroatoms. The summed E-state index contributed by atoms with van der Waals surface area (Å²) in [5.41, 5.74) is 2.58. The summed E-state index contributed by atoms with van der Waals surface area (Å²) in [7, 11) is 0. The van der Waals surface area contributed by atoms with Crippen molar-refractivity contribution >= 4 is 5.69 Å². The lowest BCUT2D eigenvalue weighted by atomic mass is 9.73. The lowest BCUT2D eigenvalue weighted by molar-refractivity contribution is 0.0886. The molecular weight excluding hydrogens is 275 g/mol. The van der Waals surface area contributed by atoms with Crippen molar-refractivity contribution in [2.24, 2.45) is 11.8 Å². The fourth-order valence-electron chi connectivity index (χ4n) is 5.86. The molecule has 1 saturated heterocycles. The van der Waals surface area contributed by atoms with Crippen LogP contribution in [0.15, 0.2) is 18.2 Å². The Kier molecular flexibility index (Phi) is 2.86. The zero-order valence-corrected chi connectivity index (χ0v) is 13.2. The molecule has 0 aromatic heterocycles. The van der Waals surface area contributed by atoms with E-state index in [0.29, 0.717) is 0 Å². The van der Waals surface area contributed by atoms with Crippen molar-refractivity contribution in [3.05, 3.63) is 29.6 Å². The highest BCUT2D eigenvalue weighted by molar-refractivity contribution is 5.60. The summed E-state index contributed by atoms with van der Waals surface area (Å²) in [5, 5.41) is 3.51. The molecular formula is C19H25FN2. The van der Waals surface area contributed by atoms with E-state index in [1.807, 2.05) is 6.07 Å². The summed E-state index contributed by atoms with van der Waals surface area (Å²) in [5.74, 6) is 1.91. The third-order valence-electron chi connectivity index (χ3n) is 7.10. The molecule has 3 unspecified atom stereocenters. The number of halogens is 1. The van der Waals surface area contributed by atoms with Gasteiger partial charge in [0.15, 0.2) is 0 Å². The van der Waals surface area contributed by atoms with Crippen molar-refractivity contribution in [1.29, 1.82) is 0 Å². The second kappa shape index (κ2) is 4.70. The van der Waals surface area contributed by atoms with E-state index in [1.54, 1.807) is 12.1 Å². The van der Waals surface area contributed by atoms with E-state index in [0.717, 1.165) is 30.1 Å².